The van der Waals surface area contributed by atoms with Crippen molar-refractivity contribution in [3.05, 3.63) is 28.7 Å². The van der Waals surface area contributed by atoms with E-state index >= 15 is 0 Å². The number of methoxy groups -OCH3 is 1. The zero-order chi connectivity index (χ0) is 15.7. The van der Waals surface area contributed by atoms with Gasteiger partial charge in [0.1, 0.15) is 5.75 Å². The first-order valence-electron chi connectivity index (χ1n) is 6.48. The van der Waals surface area contributed by atoms with Gasteiger partial charge in [-0.2, -0.15) is 0 Å². The number of rotatable bonds is 8. The molecule has 116 valence electrons. The zero-order valence-corrected chi connectivity index (χ0v) is 13.6. The minimum absolute atomic E-state index is 0.0867. The maximum atomic E-state index is 11.8. The second-order valence-corrected chi connectivity index (χ2v) is 5.19. The molecule has 0 saturated heterocycles. The van der Waals surface area contributed by atoms with E-state index in [1.807, 2.05) is 12.1 Å². The molecule has 2 N–H and O–H groups in total. The number of carbonyl (C=O) groups excluding carboxylic acids is 2. The Balaban J connectivity index is 2.30. The highest BCUT2D eigenvalue weighted by Gasteiger charge is 2.15. The standard InChI is InChI=1S/C14H19BrN2O4/c1-10(21-12-5-3-11(15)4-6-12)14(19)17-9-13(18)16-7-8-20-2/h3-6,10H,7-9H2,1-2H3,(H,16,18)(H,17,19). The number of hydrogen-bond donors (Lipinski definition) is 2. The summed E-state index contributed by atoms with van der Waals surface area (Å²) in [6, 6.07) is 7.16. The van der Waals surface area contributed by atoms with Gasteiger partial charge in [-0.3, -0.25) is 9.59 Å². The molecule has 0 heterocycles. The maximum Gasteiger partial charge on any atom is 0.261 e. The predicted molar refractivity (Wildman–Crippen MR) is 82.1 cm³/mol. The second-order valence-electron chi connectivity index (χ2n) is 4.27. The molecule has 7 heteroatoms. The SMILES string of the molecule is COCCNC(=O)CNC(=O)C(C)Oc1ccc(Br)cc1. The van der Waals surface area contributed by atoms with Crippen molar-refractivity contribution in [3.63, 3.8) is 0 Å². The number of halogens is 1. The molecule has 0 spiro atoms. The highest BCUT2D eigenvalue weighted by atomic mass is 79.9. The minimum atomic E-state index is -0.682. The van der Waals surface area contributed by atoms with E-state index < -0.39 is 6.10 Å². The Labute approximate surface area is 132 Å². The summed E-state index contributed by atoms with van der Waals surface area (Å²) in [6.45, 7) is 2.38. The second kappa shape index (κ2) is 9.36. The summed E-state index contributed by atoms with van der Waals surface area (Å²) in [5.74, 6) is -0.0264. The van der Waals surface area contributed by atoms with Gasteiger partial charge in [0.25, 0.3) is 5.91 Å². The summed E-state index contributed by atoms with van der Waals surface area (Å²) in [7, 11) is 1.55. The molecule has 21 heavy (non-hydrogen) atoms. The normalized spacial score (nSPS) is 11.6. The molecular formula is C14H19BrN2O4. The van der Waals surface area contributed by atoms with Crippen LogP contribution in [0.5, 0.6) is 5.75 Å². The zero-order valence-electron chi connectivity index (χ0n) is 12.0. The van der Waals surface area contributed by atoms with Crippen LogP contribution >= 0.6 is 15.9 Å². The first-order valence-corrected chi connectivity index (χ1v) is 7.28. The molecule has 0 aliphatic carbocycles. The molecule has 0 radical (unpaired) electrons. The van der Waals surface area contributed by atoms with Crippen LogP contribution in [0.3, 0.4) is 0 Å². The number of nitrogens with one attached hydrogen (secondary N) is 2. The minimum Gasteiger partial charge on any atom is -0.481 e. The van der Waals surface area contributed by atoms with Crippen LogP contribution in [-0.2, 0) is 14.3 Å². The fraction of sp³-hybridized carbons (Fsp3) is 0.429. The topological polar surface area (TPSA) is 76.7 Å². The molecular weight excluding hydrogens is 340 g/mol. The van der Waals surface area contributed by atoms with Gasteiger partial charge in [-0.15, -0.1) is 0 Å². The van der Waals surface area contributed by atoms with Crippen LogP contribution in [0.1, 0.15) is 6.92 Å². The maximum absolute atomic E-state index is 11.8. The van der Waals surface area contributed by atoms with Crippen LogP contribution in [0, 0.1) is 0 Å². The fourth-order valence-electron chi connectivity index (χ4n) is 1.44. The van der Waals surface area contributed by atoms with E-state index in [0.29, 0.717) is 18.9 Å². The molecule has 0 bridgehead atoms. The Morgan fingerprint density at radius 1 is 1.24 bits per heavy atom. The third-order valence-electron chi connectivity index (χ3n) is 2.55. The van der Waals surface area contributed by atoms with E-state index in [4.69, 9.17) is 9.47 Å². The van der Waals surface area contributed by atoms with E-state index in [1.165, 1.54) is 0 Å². The molecule has 1 aromatic carbocycles. The Hall–Kier alpha value is -1.60. The van der Waals surface area contributed by atoms with Crippen LogP contribution in [-0.4, -0.2) is 44.7 Å². The van der Waals surface area contributed by atoms with E-state index in [1.54, 1.807) is 26.2 Å². The number of hydrogen-bond acceptors (Lipinski definition) is 4. The molecule has 1 unspecified atom stereocenters. The van der Waals surface area contributed by atoms with Gasteiger partial charge >= 0.3 is 0 Å². The molecule has 0 aliphatic rings. The van der Waals surface area contributed by atoms with Crippen LogP contribution in [0.2, 0.25) is 0 Å². The first-order chi connectivity index (χ1) is 10.0. The van der Waals surface area contributed by atoms with Gasteiger partial charge in [0.2, 0.25) is 5.91 Å². The Bertz CT molecular complexity index is 465. The molecule has 0 aromatic heterocycles. The summed E-state index contributed by atoms with van der Waals surface area (Å²) >= 11 is 3.32. The lowest BCUT2D eigenvalue weighted by Crippen LogP contribution is -2.42. The number of carbonyl (C=O) groups is 2. The van der Waals surface area contributed by atoms with Crippen LogP contribution < -0.4 is 15.4 Å². The van der Waals surface area contributed by atoms with E-state index in [9.17, 15) is 9.59 Å². The molecule has 2 amide bonds. The van der Waals surface area contributed by atoms with Crippen LogP contribution in [0.4, 0.5) is 0 Å². The van der Waals surface area contributed by atoms with Crippen LogP contribution in [0.15, 0.2) is 28.7 Å². The van der Waals surface area contributed by atoms with Gasteiger partial charge in [-0.25, -0.2) is 0 Å². The third-order valence-corrected chi connectivity index (χ3v) is 3.08. The van der Waals surface area contributed by atoms with Crippen molar-refractivity contribution in [2.24, 2.45) is 0 Å². The molecule has 0 fully saturated rings. The summed E-state index contributed by atoms with van der Waals surface area (Å²) in [5.41, 5.74) is 0. The molecule has 0 aliphatic heterocycles. The largest absolute Gasteiger partial charge is 0.481 e. The van der Waals surface area contributed by atoms with Gasteiger partial charge in [0.15, 0.2) is 6.10 Å². The highest BCUT2D eigenvalue weighted by Crippen LogP contribution is 2.17. The Morgan fingerprint density at radius 3 is 2.52 bits per heavy atom. The van der Waals surface area contributed by atoms with Crippen molar-refractivity contribution in [1.82, 2.24) is 10.6 Å². The molecule has 1 rings (SSSR count). The van der Waals surface area contributed by atoms with Crippen molar-refractivity contribution in [1.29, 1.82) is 0 Å². The van der Waals surface area contributed by atoms with E-state index in [-0.39, 0.29) is 18.4 Å². The van der Waals surface area contributed by atoms with E-state index in [2.05, 4.69) is 26.6 Å². The smallest absolute Gasteiger partial charge is 0.261 e. The lowest BCUT2D eigenvalue weighted by Gasteiger charge is -2.14. The van der Waals surface area contributed by atoms with Crippen molar-refractivity contribution < 1.29 is 19.1 Å². The molecule has 1 atom stereocenters. The highest BCUT2D eigenvalue weighted by molar-refractivity contribution is 9.10. The molecule has 1 aromatic rings. The van der Waals surface area contributed by atoms with Gasteiger partial charge in [0.05, 0.1) is 13.2 Å². The molecule has 6 nitrogen and oxygen atoms in total. The average Bonchev–Trinajstić information content (AvgIpc) is 2.47. The van der Waals surface area contributed by atoms with Crippen LogP contribution in [0.25, 0.3) is 0 Å². The van der Waals surface area contributed by atoms with E-state index in [0.717, 1.165) is 4.47 Å². The monoisotopic (exact) mass is 358 g/mol. The average molecular weight is 359 g/mol. The lowest BCUT2D eigenvalue weighted by molar-refractivity contribution is -0.130. The van der Waals surface area contributed by atoms with Crippen molar-refractivity contribution in [3.8, 4) is 5.75 Å². The Kier molecular flexibility index (Phi) is 7.78. The summed E-state index contributed by atoms with van der Waals surface area (Å²) in [5, 5.41) is 5.12. The molecule has 0 saturated carbocycles. The van der Waals surface area contributed by atoms with Crippen molar-refractivity contribution in [2.75, 3.05) is 26.8 Å². The van der Waals surface area contributed by atoms with Crippen molar-refractivity contribution in [2.45, 2.75) is 13.0 Å². The lowest BCUT2D eigenvalue weighted by atomic mass is 10.3. The van der Waals surface area contributed by atoms with Crippen molar-refractivity contribution >= 4 is 27.7 Å². The van der Waals surface area contributed by atoms with Gasteiger partial charge in [-0.1, -0.05) is 15.9 Å². The van der Waals surface area contributed by atoms with Gasteiger partial charge in [0, 0.05) is 18.1 Å². The quantitative estimate of drug-likeness (QED) is 0.682. The Morgan fingerprint density at radius 2 is 1.90 bits per heavy atom. The predicted octanol–water partition coefficient (Wildman–Crippen LogP) is 1.10. The number of benzene rings is 1. The van der Waals surface area contributed by atoms with Gasteiger partial charge < -0.3 is 20.1 Å². The number of amides is 2. The summed E-state index contributed by atoms with van der Waals surface area (Å²) < 4.78 is 11.2. The summed E-state index contributed by atoms with van der Waals surface area (Å²) in [4.78, 5) is 23.2. The first kappa shape index (κ1) is 17.5. The fourth-order valence-corrected chi connectivity index (χ4v) is 1.70. The van der Waals surface area contributed by atoms with Gasteiger partial charge in [-0.05, 0) is 31.2 Å². The summed E-state index contributed by atoms with van der Waals surface area (Å²) in [6.07, 6.45) is -0.682. The number of ether oxygens (including phenoxy) is 2. The third kappa shape index (κ3) is 7.10.